The van der Waals surface area contributed by atoms with E-state index in [0.717, 1.165) is 24.2 Å². The molecule has 30 heavy (non-hydrogen) atoms. The number of amides is 3. The maximum Gasteiger partial charge on any atom is 0.329 e. The highest BCUT2D eigenvalue weighted by molar-refractivity contribution is 6.08. The van der Waals surface area contributed by atoms with E-state index >= 15 is 0 Å². The number of hydrogen-bond donors (Lipinski definition) is 1. The van der Waals surface area contributed by atoms with Crippen molar-refractivity contribution in [1.82, 2.24) is 4.90 Å². The number of nitrogens with one attached hydrogen (secondary N) is 1. The van der Waals surface area contributed by atoms with Crippen molar-refractivity contribution < 1.29 is 28.7 Å². The lowest BCUT2D eigenvalue weighted by Crippen LogP contribution is -2.45. The summed E-state index contributed by atoms with van der Waals surface area (Å²) in [5.74, 6) is -1.16. The van der Waals surface area contributed by atoms with Crippen LogP contribution in [-0.2, 0) is 23.9 Å². The second-order valence-electron chi connectivity index (χ2n) is 8.22. The number of likely N-dealkylation sites (tertiary alicyclic amines) is 1. The second-order valence-corrected chi connectivity index (χ2v) is 8.22. The monoisotopic (exact) mass is 414 g/mol. The van der Waals surface area contributed by atoms with Crippen LogP contribution < -0.4 is 10.1 Å². The van der Waals surface area contributed by atoms with Gasteiger partial charge < -0.3 is 14.8 Å². The number of hydrogen-bond acceptors (Lipinski definition) is 6. The van der Waals surface area contributed by atoms with Crippen LogP contribution in [0.15, 0.2) is 24.3 Å². The summed E-state index contributed by atoms with van der Waals surface area (Å²) in [6.45, 7) is 3.41. The van der Waals surface area contributed by atoms with Crippen molar-refractivity contribution in [1.29, 1.82) is 0 Å². The van der Waals surface area contributed by atoms with E-state index in [1.807, 2.05) is 6.92 Å². The summed E-state index contributed by atoms with van der Waals surface area (Å²) < 4.78 is 10.4. The fourth-order valence-electron chi connectivity index (χ4n) is 5.17. The Morgan fingerprint density at radius 1 is 1.10 bits per heavy atom. The van der Waals surface area contributed by atoms with Crippen LogP contribution in [0.1, 0.15) is 33.1 Å². The Bertz CT molecular complexity index is 839. The van der Waals surface area contributed by atoms with Crippen molar-refractivity contribution in [3.63, 3.8) is 0 Å². The number of esters is 1. The lowest BCUT2D eigenvalue weighted by atomic mass is 9.81. The highest BCUT2D eigenvalue weighted by atomic mass is 16.5. The Kier molecular flexibility index (Phi) is 5.49. The third kappa shape index (κ3) is 3.55. The first-order chi connectivity index (χ1) is 14.4. The first kappa shape index (κ1) is 20.4. The molecule has 0 unspecified atom stereocenters. The molecule has 0 aromatic heterocycles. The summed E-state index contributed by atoms with van der Waals surface area (Å²) in [7, 11) is 0. The molecule has 1 aromatic carbocycles. The molecule has 4 rings (SSSR count). The van der Waals surface area contributed by atoms with Crippen molar-refractivity contribution >= 4 is 29.4 Å². The van der Waals surface area contributed by atoms with Crippen LogP contribution in [0, 0.1) is 23.7 Å². The van der Waals surface area contributed by atoms with Crippen molar-refractivity contribution in [3.05, 3.63) is 24.3 Å². The Balaban J connectivity index is 1.30. The number of fused-ring (bicyclic) bond motifs is 5. The molecule has 3 fully saturated rings. The molecule has 1 heterocycles. The first-order valence-electron chi connectivity index (χ1n) is 10.5. The minimum absolute atomic E-state index is 0.254. The molecular weight excluding hydrogens is 388 g/mol. The minimum Gasteiger partial charge on any atom is -0.494 e. The van der Waals surface area contributed by atoms with E-state index in [1.165, 1.54) is 6.92 Å². The lowest BCUT2D eigenvalue weighted by Gasteiger charge is -2.23. The topological polar surface area (TPSA) is 102 Å². The quantitative estimate of drug-likeness (QED) is 0.541. The number of carbonyl (C=O) groups excluding carboxylic acids is 4. The van der Waals surface area contributed by atoms with Gasteiger partial charge in [0.25, 0.3) is 5.91 Å². The van der Waals surface area contributed by atoms with Crippen LogP contribution in [0.4, 0.5) is 5.69 Å². The molecule has 3 aliphatic rings. The number of rotatable bonds is 7. The Hall–Kier alpha value is -2.90. The molecule has 5 atom stereocenters. The fraction of sp³-hybridized carbons (Fsp3) is 0.545. The maximum absolute atomic E-state index is 12.8. The van der Waals surface area contributed by atoms with Crippen LogP contribution in [-0.4, -0.2) is 47.8 Å². The molecule has 8 heteroatoms. The smallest absolute Gasteiger partial charge is 0.329 e. The number of ether oxygens (including phenoxy) is 2. The molecule has 0 spiro atoms. The second kappa shape index (κ2) is 8.08. The average Bonchev–Trinajstić information content (AvgIpc) is 3.41. The standard InChI is InChI=1S/C22H26N2O6/c1-3-29-16-8-6-15(7-9-16)23-17(25)11-30-22(28)12(2)24-20(26)18-13-4-5-14(10-13)19(18)21(24)27/h6-9,12-14,18-19H,3-5,10-11H2,1-2H3,(H,23,25)/t12-,13+,14+,18-,19+/m1/s1. The van der Waals surface area contributed by atoms with Gasteiger partial charge in [-0.15, -0.1) is 0 Å². The van der Waals surface area contributed by atoms with Gasteiger partial charge in [0.2, 0.25) is 11.8 Å². The molecule has 2 aliphatic carbocycles. The fourth-order valence-corrected chi connectivity index (χ4v) is 5.17. The van der Waals surface area contributed by atoms with E-state index in [4.69, 9.17) is 9.47 Å². The van der Waals surface area contributed by atoms with E-state index in [-0.39, 0.29) is 35.5 Å². The van der Waals surface area contributed by atoms with E-state index in [2.05, 4.69) is 5.32 Å². The molecule has 2 saturated carbocycles. The Labute approximate surface area is 174 Å². The van der Waals surface area contributed by atoms with Gasteiger partial charge in [-0.25, -0.2) is 4.79 Å². The summed E-state index contributed by atoms with van der Waals surface area (Å²) in [6, 6.07) is 5.78. The first-order valence-corrected chi connectivity index (χ1v) is 10.5. The van der Waals surface area contributed by atoms with Crippen molar-refractivity contribution in [3.8, 4) is 5.75 Å². The van der Waals surface area contributed by atoms with Gasteiger partial charge in [0.05, 0.1) is 18.4 Å². The summed E-state index contributed by atoms with van der Waals surface area (Å²) in [6.07, 6.45) is 2.89. The number of imide groups is 1. The van der Waals surface area contributed by atoms with Gasteiger partial charge in [-0.3, -0.25) is 19.3 Å². The molecule has 0 radical (unpaired) electrons. The van der Waals surface area contributed by atoms with Gasteiger partial charge >= 0.3 is 5.97 Å². The average molecular weight is 414 g/mol. The molecule has 1 saturated heterocycles. The summed E-state index contributed by atoms with van der Waals surface area (Å²) >= 11 is 0. The van der Waals surface area contributed by atoms with Crippen molar-refractivity contribution in [2.24, 2.45) is 23.7 Å². The van der Waals surface area contributed by atoms with E-state index in [9.17, 15) is 19.2 Å². The van der Waals surface area contributed by atoms with Crippen molar-refractivity contribution in [2.75, 3.05) is 18.5 Å². The summed E-state index contributed by atoms with van der Waals surface area (Å²) in [5.41, 5.74) is 0.542. The SMILES string of the molecule is CCOc1ccc(NC(=O)COC(=O)[C@@H](C)N2C(=O)[C@@H]3[C@H]4CC[C@@H](C4)[C@@H]3C2=O)cc1. The van der Waals surface area contributed by atoms with Crippen LogP contribution >= 0.6 is 0 Å². The van der Waals surface area contributed by atoms with Crippen LogP contribution in [0.2, 0.25) is 0 Å². The Morgan fingerprint density at radius 2 is 1.70 bits per heavy atom. The van der Waals surface area contributed by atoms with Gasteiger partial charge in [-0.2, -0.15) is 0 Å². The normalized spacial score (nSPS) is 27.7. The zero-order valence-electron chi connectivity index (χ0n) is 17.1. The van der Waals surface area contributed by atoms with Crippen molar-refractivity contribution in [2.45, 2.75) is 39.2 Å². The summed E-state index contributed by atoms with van der Waals surface area (Å²) in [5, 5.41) is 2.63. The zero-order chi connectivity index (χ0) is 21.4. The van der Waals surface area contributed by atoms with Gasteiger partial charge in [-0.05, 0) is 69.2 Å². The van der Waals surface area contributed by atoms with Gasteiger partial charge in [0, 0.05) is 5.69 Å². The highest BCUT2D eigenvalue weighted by Crippen LogP contribution is 2.56. The van der Waals surface area contributed by atoms with E-state index < -0.39 is 24.5 Å². The number of anilines is 1. The van der Waals surface area contributed by atoms with Crippen LogP contribution in [0.3, 0.4) is 0 Å². The predicted molar refractivity (Wildman–Crippen MR) is 106 cm³/mol. The summed E-state index contributed by atoms with van der Waals surface area (Å²) in [4.78, 5) is 51.2. The zero-order valence-corrected chi connectivity index (χ0v) is 17.1. The number of benzene rings is 1. The lowest BCUT2D eigenvalue weighted by molar-refractivity contribution is -0.159. The van der Waals surface area contributed by atoms with Gasteiger partial charge in [-0.1, -0.05) is 0 Å². The third-order valence-electron chi connectivity index (χ3n) is 6.48. The number of carbonyl (C=O) groups is 4. The van der Waals surface area contributed by atoms with Crippen LogP contribution in [0.5, 0.6) is 5.75 Å². The largest absolute Gasteiger partial charge is 0.494 e. The molecular formula is C22H26N2O6. The number of nitrogens with zero attached hydrogens (tertiary/aromatic N) is 1. The Morgan fingerprint density at radius 3 is 2.27 bits per heavy atom. The van der Waals surface area contributed by atoms with E-state index in [0.29, 0.717) is 18.0 Å². The molecule has 1 aliphatic heterocycles. The maximum atomic E-state index is 12.8. The van der Waals surface area contributed by atoms with Gasteiger partial charge in [0.1, 0.15) is 11.8 Å². The molecule has 1 N–H and O–H groups in total. The van der Waals surface area contributed by atoms with Crippen LogP contribution in [0.25, 0.3) is 0 Å². The molecule has 160 valence electrons. The molecule has 1 aromatic rings. The highest BCUT2D eigenvalue weighted by Gasteiger charge is 2.62. The molecule has 2 bridgehead atoms. The third-order valence-corrected chi connectivity index (χ3v) is 6.48. The minimum atomic E-state index is -1.03. The molecule has 8 nitrogen and oxygen atoms in total. The van der Waals surface area contributed by atoms with Gasteiger partial charge in [0.15, 0.2) is 6.61 Å². The van der Waals surface area contributed by atoms with E-state index in [1.54, 1.807) is 24.3 Å². The molecule has 3 amide bonds. The predicted octanol–water partition coefficient (Wildman–Crippen LogP) is 1.99.